The highest BCUT2D eigenvalue weighted by Crippen LogP contribution is 2.46. The molecule has 2 aliphatic heterocycles. The number of Topliss-reactive ketones (excluding diaryl/α,β-unsaturated/α-hetero) is 1. The second-order valence-corrected chi connectivity index (χ2v) is 19.0. The van der Waals surface area contributed by atoms with Gasteiger partial charge in [-0.15, -0.1) is 0 Å². The second kappa shape index (κ2) is 19.0. The largest absolute Gasteiger partial charge is 0.330 e. The minimum Gasteiger partial charge on any atom is -0.330 e. The van der Waals surface area contributed by atoms with E-state index in [0.29, 0.717) is 30.7 Å². The number of amides is 1. The van der Waals surface area contributed by atoms with Gasteiger partial charge >= 0.3 is 0 Å². The SMILES string of the molecule is CCC1C=C2N(CC)C(=O)C(C)=C(C(C)C(CC(C=CC=C(C(=O)C3CCCC(C)(C)CCC3)C(C)C(C)N)=C(C)C)Cc3ccc(F)c(F)c3)N2CC1(C)C. The minimum atomic E-state index is -0.862. The summed E-state index contributed by atoms with van der Waals surface area (Å²) in [6, 6.07) is 4.03. The van der Waals surface area contributed by atoms with Gasteiger partial charge < -0.3 is 10.6 Å². The van der Waals surface area contributed by atoms with Crippen LogP contribution in [0.3, 0.4) is 0 Å². The summed E-state index contributed by atoms with van der Waals surface area (Å²) in [6.45, 7) is 27.3. The number of carbonyl (C=O) groups is 2. The summed E-state index contributed by atoms with van der Waals surface area (Å²) in [4.78, 5) is 32.6. The molecule has 4 rings (SSSR count). The third kappa shape index (κ3) is 10.6. The highest BCUT2D eigenvalue weighted by Gasteiger charge is 2.44. The Morgan fingerprint density at radius 3 is 2.21 bits per heavy atom. The molecule has 3 aliphatic rings. The van der Waals surface area contributed by atoms with Crippen molar-refractivity contribution >= 4 is 11.7 Å². The maximum atomic E-state index is 14.7. The van der Waals surface area contributed by atoms with Crippen LogP contribution in [0.4, 0.5) is 8.78 Å². The first-order chi connectivity index (χ1) is 26.2. The average Bonchev–Trinajstić information content (AvgIpc) is 3.11. The van der Waals surface area contributed by atoms with E-state index in [1.165, 1.54) is 12.1 Å². The van der Waals surface area contributed by atoms with Crippen LogP contribution < -0.4 is 5.73 Å². The second-order valence-electron chi connectivity index (χ2n) is 19.0. The molecule has 56 heavy (non-hydrogen) atoms. The normalized spacial score (nSPS) is 22.9. The Morgan fingerprint density at radius 2 is 1.66 bits per heavy atom. The van der Waals surface area contributed by atoms with Gasteiger partial charge in [-0.1, -0.05) is 91.2 Å². The van der Waals surface area contributed by atoms with Gasteiger partial charge in [0, 0.05) is 42.2 Å². The quantitative estimate of drug-likeness (QED) is 0.151. The van der Waals surface area contributed by atoms with Crippen LogP contribution in [0.25, 0.3) is 0 Å². The number of nitrogens with two attached hydrogens (primary N) is 1. The molecule has 2 N–H and O–H groups in total. The Bertz CT molecular complexity index is 1730. The first-order valence-corrected chi connectivity index (χ1v) is 21.5. The van der Waals surface area contributed by atoms with E-state index < -0.39 is 11.6 Å². The summed E-state index contributed by atoms with van der Waals surface area (Å²) in [5.74, 6) is -0.391. The van der Waals surface area contributed by atoms with Crippen LogP contribution in [-0.4, -0.2) is 40.6 Å². The first kappa shape index (κ1) is 45.4. The molecule has 0 saturated heterocycles. The zero-order chi connectivity index (χ0) is 41.7. The molecule has 1 aromatic carbocycles. The van der Waals surface area contributed by atoms with Crippen molar-refractivity contribution in [1.82, 2.24) is 9.80 Å². The van der Waals surface area contributed by atoms with Crippen molar-refractivity contribution in [2.24, 2.45) is 46.2 Å². The summed E-state index contributed by atoms with van der Waals surface area (Å²) in [5, 5.41) is 0. The predicted molar refractivity (Wildman–Crippen MR) is 228 cm³/mol. The number of halogens is 2. The Morgan fingerprint density at radius 1 is 1.02 bits per heavy atom. The molecule has 0 bridgehead atoms. The van der Waals surface area contributed by atoms with Crippen molar-refractivity contribution in [1.29, 1.82) is 0 Å². The number of fused-ring (bicyclic) bond motifs is 1. The van der Waals surface area contributed by atoms with Crippen LogP contribution in [0, 0.1) is 52.1 Å². The number of carbonyl (C=O) groups excluding carboxylic acids is 2. The fourth-order valence-corrected chi connectivity index (χ4v) is 9.50. The van der Waals surface area contributed by atoms with Crippen LogP contribution >= 0.6 is 0 Å². The van der Waals surface area contributed by atoms with E-state index in [1.807, 2.05) is 37.8 Å². The molecule has 0 spiro atoms. The Balaban J connectivity index is 1.74. The van der Waals surface area contributed by atoms with Crippen molar-refractivity contribution < 1.29 is 18.4 Å². The number of nitrogens with zero attached hydrogens (tertiary/aromatic N) is 2. The van der Waals surface area contributed by atoms with Gasteiger partial charge in [0.15, 0.2) is 17.4 Å². The molecule has 2 heterocycles. The summed E-state index contributed by atoms with van der Waals surface area (Å²) in [5.41, 5.74) is 12.3. The van der Waals surface area contributed by atoms with Crippen molar-refractivity contribution in [3.05, 3.63) is 93.5 Å². The molecule has 0 radical (unpaired) electrons. The van der Waals surface area contributed by atoms with Crippen LogP contribution in [-0.2, 0) is 16.0 Å². The van der Waals surface area contributed by atoms with Crippen molar-refractivity contribution in [2.75, 3.05) is 13.1 Å². The molecule has 5 unspecified atom stereocenters. The molecule has 5 atom stereocenters. The lowest BCUT2D eigenvalue weighted by Crippen LogP contribution is -2.53. The van der Waals surface area contributed by atoms with Crippen molar-refractivity contribution in [3.63, 3.8) is 0 Å². The summed E-state index contributed by atoms with van der Waals surface area (Å²) in [6.07, 6.45) is 16.8. The molecule has 0 aromatic heterocycles. The third-order valence-electron chi connectivity index (χ3n) is 13.5. The van der Waals surface area contributed by atoms with Crippen LogP contribution in [0.5, 0.6) is 0 Å². The van der Waals surface area contributed by atoms with Gasteiger partial charge in [0.25, 0.3) is 5.91 Å². The number of hydrogen-bond donors (Lipinski definition) is 1. The molecule has 310 valence electrons. The van der Waals surface area contributed by atoms with E-state index in [2.05, 4.69) is 79.4 Å². The van der Waals surface area contributed by atoms with E-state index in [0.717, 1.165) is 90.9 Å². The number of benzene rings is 1. The minimum absolute atomic E-state index is 0.0147. The third-order valence-corrected chi connectivity index (χ3v) is 13.5. The van der Waals surface area contributed by atoms with E-state index >= 15 is 0 Å². The standard InChI is InChI=1S/C49H73F2N3O2/c1-13-40-29-44-53(14-2)47(56)34(7)45(54(44)30-49(40,11)12)33(6)39(26-36-22-23-42(50)43(51)27-36)28-38(31(3)4)18-15-21-41(32(5)35(8)52)46(55)37-19-16-24-48(9,10)25-17-20-37/h15,18,21-23,27,29,32-33,35,37,39-40H,13-14,16-17,19-20,24-26,28,30,52H2,1-12H3. The Hall–Kier alpha value is -3.32. The van der Waals surface area contributed by atoms with Gasteiger partial charge in [0.2, 0.25) is 0 Å². The molecule has 1 aliphatic carbocycles. The molecule has 1 saturated carbocycles. The number of rotatable bonds is 14. The van der Waals surface area contributed by atoms with Crippen molar-refractivity contribution in [2.45, 2.75) is 147 Å². The predicted octanol–water partition coefficient (Wildman–Crippen LogP) is 11.9. The fourth-order valence-electron chi connectivity index (χ4n) is 9.50. The molecular formula is C49H73F2N3O2. The lowest BCUT2D eigenvalue weighted by atomic mass is 9.72. The van der Waals surface area contributed by atoms with Gasteiger partial charge in [0.05, 0.1) is 0 Å². The average molecular weight is 774 g/mol. The molecular weight excluding hydrogens is 701 g/mol. The van der Waals surface area contributed by atoms with Gasteiger partial charge in [0.1, 0.15) is 5.82 Å². The monoisotopic (exact) mass is 774 g/mol. The lowest BCUT2D eigenvalue weighted by Gasteiger charge is -2.51. The molecule has 7 heteroatoms. The van der Waals surface area contributed by atoms with Crippen LogP contribution in [0.1, 0.15) is 140 Å². The van der Waals surface area contributed by atoms with E-state index in [-0.39, 0.29) is 46.8 Å². The van der Waals surface area contributed by atoms with Gasteiger partial charge in [-0.2, -0.15) is 0 Å². The molecule has 1 fully saturated rings. The summed E-state index contributed by atoms with van der Waals surface area (Å²) in [7, 11) is 0. The Labute approximate surface area is 338 Å². The summed E-state index contributed by atoms with van der Waals surface area (Å²) < 4.78 is 28.8. The first-order valence-electron chi connectivity index (χ1n) is 21.5. The number of hydrogen-bond acceptors (Lipinski definition) is 4. The van der Waals surface area contributed by atoms with Crippen molar-refractivity contribution in [3.8, 4) is 0 Å². The molecule has 1 aromatic rings. The Kier molecular flexibility index (Phi) is 15.4. The highest BCUT2D eigenvalue weighted by atomic mass is 19.2. The maximum Gasteiger partial charge on any atom is 0.256 e. The zero-order valence-electron chi connectivity index (χ0n) is 36.8. The number of ketones is 1. The zero-order valence-corrected chi connectivity index (χ0v) is 36.8. The smallest absolute Gasteiger partial charge is 0.256 e. The van der Waals surface area contributed by atoms with Gasteiger partial charge in [-0.05, 0) is 143 Å². The van der Waals surface area contributed by atoms with Gasteiger partial charge in [-0.3, -0.25) is 14.5 Å². The fraction of sp³-hybridized carbons (Fsp3) is 0.633. The van der Waals surface area contributed by atoms with Crippen LogP contribution in [0.15, 0.2) is 76.3 Å². The topological polar surface area (TPSA) is 66.6 Å². The summed E-state index contributed by atoms with van der Waals surface area (Å²) >= 11 is 0. The molecule has 5 nitrogen and oxygen atoms in total. The molecule has 1 amide bonds. The number of allylic oxidation sites excluding steroid dienone is 7. The number of likely N-dealkylation sites (N-methyl/N-ethyl adjacent to an activating group) is 1. The highest BCUT2D eigenvalue weighted by molar-refractivity contribution is 5.98. The van der Waals surface area contributed by atoms with Gasteiger partial charge in [-0.25, -0.2) is 8.78 Å². The van der Waals surface area contributed by atoms with E-state index in [1.54, 1.807) is 6.07 Å². The van der Waals surface area contributed by atoms with E-state index in [9.17, 15) is 18.4 Å². The van der Waals surface area contributed by atoms with Crippen LogP contribution in [0.2, 0.25) is 0 Å². The van der Waals surface area contributed by atoms with E-state index in [4.69, 9.17) is 5.73 Å². The maximum absolute atomic E-state index is 14.7. The lowest BCUT2D eigenvalue weighted by molar-refractivity contribution is -0.128.